The van der Waals surface area contributed by atoms with Crippen molar-refractivity contribution in [1.82, 2.24) is 20.0 Å². The molecule has 2 saturated heterocycles. The number of carbonyl (C=O) groups excluding carboxylic acids is 2. The number of amides is 2. The fraction of sp³-hybridized carbons (Fsp3) is 0.533. The lowest BCUT2D eigenvalue weighted by Gasteiger charge is -2.39. The predicted molar refractivity (Wildman–Crippen MR) is 151 cm³/mol. The summed E-state index contributed by atoms with van der Waals surface area (Å²) in [6, 6.07) is 9.02. The molecule has 0 bridgehead atoms. The fourth-order valence-electron chi connectivity index (χ4n) is 6.47. The van der Waals surface area contributed by atoms with Crippen LogP contribution in [-0.4, -0.2) is 85.4 Å². The van der Waals surface area contributed by atoms with E-state index in [2.05, 4.69) is 27.4 Å². The van der Waals surface area contributed by atoms with E-state index in [0.717, 1.165) is 49.8 Å². The summed E-state index contributed by atoms with van der Waals surface area (Å²) in [7, 11) is 2.00. The van der Waals surface area contributed by atoms with Crippen molar-refractivity contribution in [2.75, 3.05) is 58.2 Å². The number of piperazine rings is 1. The van der Waals surface area contributed by atoms with Crippen LogP contribution in [0.25, 0.3) is 0 Å². The number of anilines is 1. The Labute approximate surface area is 239 Å². The SMILES string of the molecule is C[C@H]1CN(C(C(N)=O)C2CCNC2)Cc2cc(C(=O)Nc3ccc(CN4CCN(C)CC4)c(C(F)(F)F)c3)ccc21. The highest BCUT2D eigenvalue weighted by Crippen LogP contribution is 2.35. The second-order valence-electron chi connectivity index (χ2n) is 11.7. The number of nitrogens with zero attached hydrogens (tertiary/aromatic N) is 3. The van der Waals surface area contributed by atoms with Gasteiger partial charge in [-0.25, -0.2) is 0 Å². The summed E-state index contributed by atoms with van der Waals surface area (Å²) in [5, 5.41) is 5.97. The van der Waals surface area contributed by atoms with Crippen LogP contribution in [0.2, 0.25) is 0 Å². The average Bonchev–Trinajstić information content (AvgIpc) is 3.44. The summed E-state index contributed by atoms with van der Waals surface area (Å²) in [5.41, 5.74) is 7.76. The lowest BCUT2D eigenvalue weighted by molar-refractivity contribution is -0.138. The first-order valence-corrected chi connectivity index (χ1v) is 14.3. The van der Waals surface area contributed by atoms with Crippen molar-refractivity contribution in [1.29, 1.82) is 0 Å². The number of rotatable bonds is 7. The standard InChI is InChI=1S/C30H39F3N6O2/c1-19-16-39(27(28(34)40)21-7-8-35-15-21)18-23-13-20(4-6-25(19)23)29(41)36-24-5-3-22(26(14-24)30(31,32)33)17-38-11-9-37(2)10-12-38/h3-6,13-14,19,21,27,35H,7-12,15-18H2,1-2H3,(H2,34,40)(H,36,41)/t19-,21?,27?/m0/s1. The van der Waals surface area contributed by atoms with Crippen molar-refractivity contribution in [2.45, 2.75) is 44.6 Å². The summed E-state index contributed by atoms with van der Waals surface area (Å²) in [4.78, 5) is 31.9. The molecule has 222 valence electrons. The molecule has 2 amide bonds. The van der Waals surface area contributed by atoms with Crippen LogP contribution in [0.1, 0.15) is 51.9 Å². The van der Waals surface area contributed by atoms with Gasteiger partial charge < -0.3 is 21.3 Å². The van der Waals surface area contributed by atoms with E-state index in [1.807, 2.05) is 18.0 Å². The van der Waals surface area contributed by atoms with Gasteiger partial charge in [-0.1, -0.05) is 19.1 Å². The molecule has 0 aliphatic carbocycles. The molecule has 3 aliphatic heterocycles. The van der Waals surface area contributed by atoms with E-state index in [1.165, 1.54) is 12.1 Å². The summed E-state index contributed by atoms with van der Waals surface area (Å²) < 4.78 is 42.1. The first-order valence-electron chi connectivity index (χ1n) is 14.3. The Morgan fingerprint density at radius 3 is 2.54 bits per heavy atom. The Morgan fingerprint density at radius 2 is 1.88 bits per heavy atom. The molecule has 2 aromatic carbocycles. The number of halogens is 3. The fourth-order valence-corrected chi connectivity index (χ4v) is 6.47. The predicted octanol–water partition coefficient (Wildman–Crippen LogP) is 3.09. The van der Waals surface area contributed by atoms with Gasteiger partial charge in [0.25, 0.3) is 5.91 Å². The molecule has 8 nitrogen and oxygen atoms in total. The van der Waals surface area contributed by atoms with Crippen molar-refractivity contribution >= 4 is 17.5 Å². The van der Waals surface area contributed by atoms with Gasteiger partial charge in [0.2, 0.25) is 5.91 Å². The number of carbonyl (C=O) groups is 2. The van der Waals surface area contributed by atoms with E-state index < -0.39 is 23.7 Å². The third-order valence-electron chi connectivity index (χ3n) is 8.71. The van der Waals surface area contributed by atoms with Crippen LogP contribution in [0.5, 0.6) is 0 Å². The van der Waals surface area contributed by atoms with Crippen LogP contribution in [0.4, 0.5) is 18.9 Å². The van der Waals surface area contributed by atoms with E-state index in [9.17, 15) is 22.8 Å². The minimum atomic E-state index is -4.54. The number of hydrogen-bond donors (Lipinski definition) is 3. The first-order chi connectivity index (χ1) is 19.5. The lowest BCUT2D eigenvalue weighted by Crippen LogP contribution is -2.52. The van der Waals surface area contributed by atoms with Crippen LogP contribution in [-0.2, 0) is 24.1 Å². The zero-order chi connectivity index (χ0) is 29.3. The molecular weight excluding hydrogens is 533 g/mol. The van der Waals surface area contributed by atoms with E-state index in [4.69, 9.17) is 5.73 Å². The van der Waals surface area contributed by atoms with E-state index in [-0.39, 0.29) is 35.5 Å². The van der Waals surface area contributed by atoms with Gasteiger partial charge in [0.05, 0.1) is 11.6 Å². The summed E-state index contributed by atoms with van der Waals surface area (Å²) >= 11 is 0. The molecule has 0 spiro atoms. The van der Waals surface area contributed by atoms with Gasteiger partial charge in [-0.2, -0.15) is 13.2 Å². The molecule has 41 heavy (non-hydrogen) atoms. The maximum atomic E-state index is 14.0. The zero-order valence-corrected chi connectivity index (χ0v) is 23.6. The van der Waals surface area contributed by atoms with Crippen molar-refractivity contribution in [3.05, 3.63) is 64.2 Å². The lowest BCUT2D eigenvalue weighted by atomic mass is 9.86. The molecule has 5 rings (SSSR count). The average molecular weight is 573 g/mol. The van der Waals surface area contributed by atoms with Crippen molar-refractivity contribution in [2.24, 2.45) is 11.7 Å². The van der Waals surface area contributed by atoms with Gasteiger partial charge >= 0.3 is 6.18 Å². The van der Waals surface area contributed by atoms with Crippen LogP contribution < -0.4 is 16.4 Å². The Hall–Kier alpha value is -2.99. The second kappa shape index (κ2) is 12.1. The maximum Gasteiger partial charge on any atom is 0.416 e. The molecule has 3 aliphatic rings. The van der Waals surface area contributed by atoms with Crippen molar-refractivity contribution in [3.8, 4) is 0 Å². The van der Waals surface area contributed by atoms with Crippen LogP contribution >= 0.6 is 0 Å². The molecule has 2 aromatic rings. The monoisotopic (exact) mass is 572 g/mol. The van der Waals surface area contributed by atoms with E-state index in [0.29, 0.717) is 31.7 Å². The number of likely N-dealkylation sites (N-methyl/N-ethyl adjacent to an activating group) is 1. The number of benzene rings is 2. The number of hydrogen-bond acceptors (Lipinski definition) is 6. The van der Waals surface area contributed by atoms with Gasteiger partial charge in [-0.05, 0) is 72.8 Å². The van der Waals surface area contributed by atoms with Gasteiger partial charge in [0, 0.05) is 63.6 Å². The number of fused-ring (bicyclic) bond motifs is 1. The van der Waals surface area contributed by atoms with E-state index >= 15 is 0 Å². The topological polar surface area (TPSA) is 93.9 Å². The minimum absolute atomic E-state index is 0.0969. The van der Waals surface area contributed by atoms with Gasteiger partial charge in [-0.3, -0.25) is 19.4 Å². The smallest absolute Gasteiger partial charge is 0.368 e. The second-order valence-corrected chi connectivity index (χ2v) is 11.7. The van der Waals surface area contributed by atoms with Crippen LogP contribution in [0.15, 0.2) is 36.4 Å². The van der Waals surface area contributed by atoms with Gasteiger partial charge in [-0.15, -0.1) is 0 Å². The Morgan fingerprint density at radius 1 is 1.12 bits per heavy atom. The summed E-state index contributed by atoms with van der Waals surface area (Å²) in [6.07, 6.45) is -3.66. The molecule has 3 heterocycles. The highest BCUT2D eigenvalue weighted by Gasteiger charge is 2.37. The third kappa shape index (κ3) is 6.74. The molecule has 2 unspecified atom stereocenters. The van der Waals surface area contributed by atoms with E-state index in [1.54, 1.807) is 12.1 Å². The Kier molecular flexibility index (Phi) is 8.70. The Bertz CT molecular complexity index is 1270. The van der Waals surface area contributed by atoms with Crippen molar-refractivity contribution < 1.29 is 22.8 Å². The number of nitrogens with one attached hydrogen (secondary N) is 2. The van der Waals surface area contributed by atoms with Gasteiger partial charge in [0.1, 0.15) is 0 Å². The highest BCUT2D eigenvalue weighted by molar-refractivity contribution is 6.04. The molecular formula is C30H39F3N6O2. The number of alkyl halides is 3. The molecule has 11 heteroatoms. The molecule has 3 atom stereocenters. The quantitative estimate of drug-likeness (QED) is 0.472. The largest absolute Gasteiger partial charge is 0.416 e. The van der Waals surface area contributed by atoms with Crippen molar-refractivity contribution in [3.63, 3.8) is 0 Å². The zero-order valence-electron chi connectivity index (χ0n) is 23.6. The normalized spacial score (nSPS) is 23.2. The highest BCUT2D eigenvalue weighted by atomic mass is 19.4. The van der Waals surface area contributed by atoms with Gasteiger partial charge in [0.15, 0.2) is 0 Å². The Balaban J connectivity index is 1.33. The number of primary amides is 1. The first kappa shape index (κ1) is 29.5. The molecule has 0 aromatic heterocycles. The maximum absolute atomic E-state index is 14.0. The molecule has 4 N–H and O–H groups in total. The molecule has 2 fully saturated rings. The van der Waals surface area contributed by atoms with Crippen LogP contribution in [0, 0.1) is 5.92 Å². The molecule has 0 saturated carbocycles. The molecule has 0 radical (unpaired) electrons. The minimum Gasteiger partial charge on any atom is -0.368 e. The third-order valence-corrected chi connectivity index (χ3v) is 8.71. The number of nitrogens with two attached hydrogens (primary N) is 1. The summed E-state index contributed by atoms with van der Waals surface area (Å²) in [5.74, 6) is -0.562. The van der Waals surface area contributed by atoms with Crippen LogP contribution in [0.3, 0.4) is 0 Å². The summed E-state index contributed by atoms with van der Waals surface area (Å²) in [6.45, 7) is 8.08.